The van der Waals surface area contributed by atoms with Crippen molar-refractivity contribution in [3.63, 3.8) is 0 Å². The Labute approximate surface area is 181 Å². The van der Waals surface area contributed by atoms with Crippen LogP contribution in [0.2, 0.25) is 0 Å². The van der Waals surface area contributed by atoms with E-state index in [1.165, 1.54) is 11.3 Å². The fourth-order valence-electron chi connectivity index (χ4n) is 4.46. The SMILES string of the molecule is CC(C)Oc1cccc(/C(O)=C2/C(=O)C(=O)N(C3CCCCC3)C2c2cccs2)c1. The van der Waals surface area contributed by atoms with Gasteiger partial charge in [0.05, 0.1) is 17.7 Å². The zero-order valence-corrected chi connectivity index (χ0v) is 18.2. The minimum atomic E-state index is -0.605. The summed E-state index contributed by atoms with van der Waals surface area (Å²) in [6.45, 7) is 3.86. The molecule has 1 aliphatic heterocycles. The van der Waals surface area contributed by atoms with Crippen LogP contribution in [0.3, 0.4) is 0 Å². The highest BCUT2D eigenvalue weighted by atomic mass is 32.1. The maximum Gasteiger partial charge on any atom is 0.295 e. The van der Waals surface area contributed by atoms with Crippen molar-refractivity contribution in [2.24, 2.45) is 0 Å². The Morgan fingerprint density at radius 2 is 1.90 bits per heavy atom. The molecular formula is C24H27NO4S. The third-order valence-corrected chi connectivity index (χ3v) is 6.66. The lowest BCUT2D eigenvalue weighted by atomic mass is 9.93. The molecule has 1 aromatic carbocycles. The number of hydrogen-bond acceptors (Lipinski definition) is 5. The van der Waals surface area contributed by atoms with Crippen molar-refractivity contribution in [2.45, 2.75) is 64.1 Å². The average Bonchev–Trinajstić information content (AvgIpc) is 3.35. The first-order valence-electron chi connectivity index (χ1n) is 10.6. The molecule has 0 bridgehead atoms. The van der Waals surface area contributed by atoms with Gasteiger partial charge in [0, 0.05) is 16.5 Å². The van der Waals surface area contributed by atoms with Crippen molar-refractivity contribution in [1.82, 2.24) is 4.90 Å². The zero-order chi connectivity index (χ0) is 21.3. The van der Waals surface area contributed by atoms with E-state index in [9.17, 15) is 14.7 Å². The standard InChI is InChI=1S/C24H27NO4S/c1-15(2)29-18-11-6-8-16(14-18)22(26)20-21(19-12-7-13-30-19)25(24(28)23(20)27)17-9-4-3-5-10-17/h6-8,11-15,17,21,26H,3-5,9-10H2,1-2H3/b22-20-. The Morgan fingerprint density at radius 3 is 2.57 bits per heavy atom. The minimum absolute atomic E-state index is 0.00889. The second-order valence-electron chi connectivity index (χ2n) is 8.21. The highest BCUT2D eigenvalue weighted by Crippen LogP contribution is 2.44. The molecule has 158 valence electrons. The van der Waals surface area contributed by atoms with Gasteiger partial charge in [-0.25, -0.2) is 0 Å². The number of hydrogen-bond donors (Lipinski definition) is 1. The van der Waals surface area contributed by atoms with E-state index in [4.69, 9.17) is 4.74 Å². The molecule has 1 N–H and O–H groups in total. The van der Waals surface area contributed by atoms with Gasteiger partial charge in [0.15, 0.2) is 0 Å². The Hall–Kier alpha value is -2.60. The van der Waals surface area contributed by atoms with Crippen molar-refractivity contribution in [1.29, 1.82) is 0 Å². The Bertz CT molecular complexity index is 957. The first-order valence-corrected chi connectivity index (χ1v) is 11.5. The van der Waals surface area contributed by atoms with E-state index in [2.05, 4.69) is 0 Å². The number of likely N-dealkylation sites (tertiary alicyclic amines) is 1. The summed E-state index contributed by atoms with van der Waals surface area (Å²) >= 11 is 1.50. The number of carbonyl (C=O) groups excluding carboxylic acids is 2. The summed E-state index contributed by atoms with van der Waals surface area (Å²) in [6.07, 6.45) is 5.05. The highest BCUT2D eigenvalue weighted by Gasteiger charge is 2.49. The van der Waals surface area contributed by atoms with E-state index >= 15 is 0 Å². The summed E-state index contributed by atoms with van der Waals surface area (Å²) in [5, 5.41) is 13.1. The predicted octanol–water partition coefficient (Wildman–Crippen LogP) is 5.29. The molecule has 1 aliphatic carbocycles. The molecule has 1 aromatic heterocycles. The number of aliphatic hydroxyl groups excluding tert-OH is 1. The van der Waals surface area contributed by atoms with Crippen molar-refractivity contribution < 1.29 is 19.4 Å². The van der Waals surface area contributed by atoms with Crippen molar-refractivity contribution in [3.8, 4) is 5.75 Å². The van der Waals surface area contributed by atoms with E-state index in [-0.39, 0.29) is 23.5 Å². The number of ether oxygens (including phenoxy) is 1. The van der Waals surface area contributed by atoms with Crippen LogP contribution in [0.4, 0.5) is 0 Å². The van der Waals surface area contributed by atoms with Gasteiger partial charge >= 0.3 is 0 Å². The van der Waals surface area contributed by atoms with Crippen molar-refractivity contribution in [3.05, 3.63) is 57.8 Å². The molecule has 1 unspecified atom stereocenters. The summed E-state index contributed by atoms with van der Waals surface area (Å²) in [6, 6.07) is 10.4. The molecule has 1 saturated heterocycles. The van der Waals surface area contributed by atoms with Gasteiger partial charge in [-0.3, -0.25) is 9.59 Å². The summed E-state index contributed by atoms with van der Waals surface area (Å²) < 4.78 is 5.74. The number of benzene rings is 1. The second kappa shape index (κ2) is 8.64. The van der Waals surface area contributed by atoms with Crippen LogP contribution in [0, 0.1) is 0 Å². The van der Waals surface area contributed by atoms with Gasteiger partial charge in [0.1, 0.15) is 11.5 Å². The third-order valence-electron chi connectivity index (χ3n) is 5.74. The first kappa shape index (κ1) is 20.7. The van der Waals surface area contributed by atoms with Gasteiger partial charge in [-0.2, -0.15) is 0 Å². The van der Waals surface area contributed by atoms with E-state index in [0.29, 0.717) is 11.3 Å². The van der Waals surface area contributed by atoms with Gasteiger partial charge in [-0.05, 0) is 50.3 Å². The number of aliphatic hydroxyl groups is 1. The fraction of sp³-hybridized carbons (Fsp3) is 0.417. The molecule has 5 nitrogen and oxygen atoms in total. The fourth-order valence-corrected chi connectivity index (χ4v) is 5.29. The summed E-state index contributed by atoms with van der Waals surface area (Å²) in [5.74, 6) is -0.634. The molecule has 0 radical (unpaired) electrons. The number of Topliss-reactive ketones (excluding diaryl/α,β-unsaturated/α-hetero) is 1. The van der Waals surface area contributed by atoms with Crippen molar-refractivity contribution >= 4 is 28.8 Å². The lowest BCUT2D eigenvalue weighted by molar-refractivity contribution is -0.141. The first-order chi connectivity index (χ1) is 14.5. The number of thiophene rings is 1. The van der Waals surface area contributed by atoms with Gasteiger partial charge in [0.2, 0.25) is 0 Å². The summed E-state index contributed by atoms with van der Waals surface area (Å²) in [5.41, 5.74) is 0.658. The number of amides is 1. The van der Waals surface area contributed by atoms with E-state index < -0.39 is 17.7 Å². The lowest BCUT2D eigenvalue weighted by Gasteiger charge is -2.34. The molecule has 2 fully saturated rings. The summed E-state index contributed by atoms with van der Waals surface area (Å²) in [4.78, 5) is 28.8. The van der Waals surface area contributed by atoms with Crippen LogP contribution >= 0.6 is 11.3 Å². The summed E-state index contributed by atoms with van der Waals surface area (Å²) in [7, 11) is 0. The maximum absolute atomic E-state index is 13.1. The number of rotatable bonds is 5. The van der Waals surface area contributed by atoms with Gasteiger partial charge in [-0.1, -0.05) is 37.5 Å². The van der Waals surface area contributed by atoms with Crippen LogP contribution in [0.15, 0.2) is 47.4 Å². The third kappa shape index (κ3) is 3.88. The Morgan fingerprint density at radius 1 is 1.13 bits per heavy atom. The topological polar surface area (TPSA) is 66.8 Å². The lowest BCUT2D eigenvalue weighted by Crippen LogP contribution is -2.40. The van der Waals surface area contributed by atoms with E-state index in [0.717, 1.165) is 37.0 Å². The number of carbonyl (C=O) groups is 2. The molecule has 2 aliphatic rings. The molecule has 1 amide bonds. The Kier molecular flexibility index (Phi) is 5.95. The quantitative estimate of drug-likeness (QED) is 0.402. The molecule has 2 heterocycles. The molecule has 2 aromatic rings. The van der Waals surface area contributed by atoms with E-state index in [1.54, 1.807) is 23.1 Å². The molecular weight excluding hydrogens is 398 g/mol. The monoisotopic (exact) mass is 425 g/mol. The molecule has 4 rings (SSSR count). The van der Waals surface area contributed by atoms with Gasteiger partial charge in [-0.15, -0.1) is 11.3 Å². The van der Waals surface area contributed by atoms with Crippen LogP contribution in [0.1, 0.15) is 62.4 Å². The van der Waals surface area contributed by atoms with Crippen LogP contribution in [0.25, 0.3) is 5.76 Å². The molecule has 1 saturated carbocycles. The number of nitrogens with zero attached hydrogens (tertiary/aromatic N) is 1. The number of ketones is 1. The zero-order valence-electron chi connectivity index (χ0n) is 17.3. The molecule has 1 atom stereocenters. The van der Waals surface area contributed by atoms with Crippen LogP contribution < -0.4 is 4.74 Å². The maximum atomic E-state index is 13.1. The highest BCUT2D eigenvalue weighted by molar-refractivity contribution is 7.10. The Balaban J connectivity index is 1.80. The smallest absolute Gasteiger partial charge is 0.295 e. The normalized spacial score (nSPS) is 22.1. The van der Waals surface area contributed by atoms with Crippen LogP contribution in [-0.4, -0.2) is 33.8 Å². The van der Waals surface area contributed by atoms with Gasteiger partial charge < -0.3 is 14.7 Å². The minimum Gasteiger partial charge on any atom is -0.507 e. The van der Waals surface area contributed by atoms with E-state index in [1.807, 2.05) is 37.4 Å². The second-order valence-corrected chi connectivity index (χ2v) is 9.19. The van der Waals surface area contributed by atoms with Crippen LogP contribution in [-0.2, 0) is 9.59 Å². The largest absolute Gasteiger partial charge is 0.507 e. The van der Waals surface area contributed by atoms with Gasteiger partial charge in [0.25, 0.3) is 11.7 Å². The molecule has 6 heteroatoms. The molecule has 0 spiro atoms. The van der Waals surface area contributed by atoms with Crippen LogP contribution in [0.5, 0.6) is 5.75 Å². The predicted molar refractivity (Wildman–Crippen MR) is 118 cm³/mol. The average molecular weight is 426 g/mol. The van der Waals surface area contributed by atoms with Crippen molar-refractivity contribution in [2.75, 3.05) is 0 Å². The molecule has 30 heavy (non-hydrogen) atoms.